The van der Waals surface area contributed by atoms with Gasteiger partial charge in [0, 0.05) is 13.1 Å². The lowest BCUT2D eigenvalue weighted by atomic mass is 10.1. The van der Waals surface area contributed by atoms with Crippen molar-refractivity contribution in [3.8, 4) is 5.75 Å². The quantitative estimate of drug-likeness (QED) is 0.513. The van der Waals surface area contributed by atoms with Crippen LogP contribution in [0.2, 0.25) is 0 Å². The van der Waals surface area contributed by atoms with Gasteiger partial charge in [0.25, 0.3) is 15.9 Å². The topological polar surface area (TPSA) is 92.1 Å². The first kappa shape index (κ1) is 23.4. The van der Waals surface area contributed by atoms with Gasteiger partial charge in [-0.2, -0.15) is 0 Å². The Morgan fingerprint density at radius 2 is 1.89 bits per heavy atom. The van der Waals surface area contributed by atoms with Gasteiger partial charge in [-0.1, -0.05) is 18.2 Å². The van der Waals surface area contributed by atoms with Crippen LogP contribution in [0.1, 0.15) is 40.6 Å². The zero-order valence-electron chi connectivity index (χ0n) is 19.6. The fourth-order valence-electron chi connectivity index (χ4n) is 4.94. The van der Waals surface area contributed by atoms with Gasteiger partial charge >= 0.3 is 0 Å². The van der Waals surface area contributed by atoms with Crippen molar-refractivity contribution in [2.24, 2.45) is 0 Å². The summed E-state index contributed by atoms with van der Waals surface area (Å²) in [6.45, 7) is 2.59. The van der Waals surface area contributed by atoms with E-state index in [0.717, 1.165) is 37.3 Å². The van der Waals surface area contributed by atoms with Crippen LogP contribution in [0.5, 0.6) is 5.75 Å². The second-order valence-corrected chi connectivity index (χ2v) is 10.7. The Labute approximate surface area is 205 Å². The Hall–Kier alpha value is -3.30. The van der Waals surface area contributed by atoms with E-state index in [-0.39, 0.29) is 16.5 Å². The monoisotopic (exact) mass is 495 g/mol. The van der Waals surface area contributed by atoms with Gasteiger partial charge < -0.3 is 14.5 Å². The maximum absolute atomic E-state index is 13.5. The first-order valence-electron chi connectivity index (χ1n) is 11.8. The maximum Gasteiger partial charge on any atom is 0.264 e. The molecule has 1 N–H and O–H groups in total. The standard InChI is InChI=1S/C26H29N3O5S/c1-33-24-11-10-20(35(31,32)29-15-12-19-7-2-3-8-22(19)29)17-21(24)26(30)27-18-23(25-9-6-16-34-25)28-13-4-5-14-28/h2-3,6-11,16-17,23H,4-5,12-15,18H2,1H3,(H,27,30)/t23-/m0/s1. The zero-order valence-corrected chi connectivity index (χ0v) is 20.5. The van der Waals surface area contributed by atoms with Gasteiger partial charge in [-0.15, -0.1) is 0 Å². The van der Waals surface area contributed by atoms with E-state index in [1.165, 1.54) is 29.6 Å². The lowest BCUT2D eigenvalue weighted by Gasteiger charge is -2.26. The van der Waals surface area contributed by atoms with Crippen LogP contribution in [0.15, 0.2) is 70.2 Å². The van der Waals surface area contributed by atoms with Crippen molar-refractivity contribution in [2.45, 2.75) is 30.2 Å². The summed E-state index contributed by atoms with van der Waals surface area (Å²) in [5.41, 5.74) is 1.86. The number of carbonyl (C=O) groups excluding carboxylic acids is 1. The lowest BCUT2D eigenvalue weighted by Crippen LogP contribution is -2.37. The van der Waals surface area contributed by atoms with Gasteiger partial charge in [0.15, 0.2) is 0 Å². The molecule has 1 fully saturated rings. The summed E-state index contributed by atoms with van der Waals surface area (Å²) >= 11 is 0. The van der Waals surface area contributed by atoms with Crippen LogP contribution < -0.4 is 14.4 Å². The van der Waals surface area contributed by atoms with E-state index in [1.807, 2.05) is 36.4 Å². The first-order valence-corrected chi connectivity index (χ1v) is 13.3. The predicted molar refractivity (Wildman–Crippen MR) is 132 cm³/mol. The van der Waals surface area contributed by atoms with Crippen molar-refractivity contribution >= 4 is 21.6 Å². The largest absolute Gasteiger partial charge is 0.496 e. The number of fused-ring (bicyclic) bond motifs is 1. The average Bonchev–Trinajstić information content (AvgIpc) is 3.66. The highest BCUT2D eigenvalue weighted by Gasteiger charge is 2.32. The van der Waals surface area contributed by atoms with E-state index in [2.05, 4.69) is 10.2 Å². The molecule has 5 rings (SSSR count). The number of sulfonamides is 1. The van der Waals surface area contributed by atoms with Crippen LogP contribution in [0.3, 0.4) is 0 Å². The molecule has 0 radical (unpaired) electrons. The number of amides is 1. The molecule has 2 aromatic carbocycles. The summed E-state index contributed by atoms with van der Waals surface area (Å²) < 4.78 is 39.4. The van der Waals surface area contributed by atoms with E-state index in [0.29, 0.717) is 30.9 Å². The maximum atomic E-state index is 13.5. The van der Waals surface area contributed by atoms with Crippen molar-refractivity contribution in [3.05, 3.63) is 77.7 Å². The Bertz CT molecular complexity index is 1300. The molecule has 0 saturated carbocycles. The van der Waals surface area contributed by atoms with Gasteiger partial charge in [0.2, 0.25) is 0 Å². The molecule has 1 amide bonds. The van der Waals surface area contributed by atoms with Crippen molar-refractivity contribution in [1.82, 2.24) is 10.2 Å². The molecule has 1 aromatic heterocycles. The van der Waals surface area contributed by atoms with Crippen LogP contribution >= 0.6 is 0 Å². The number of nitrogens with zero attached hydrogens (tertiary/aromatic N) is 2. The molecule has 35 heavy (non-hydrogen) atoms. The van der Waals surface area contributed by atoms with Crippen LogP contribution in [0, 0.1) is 0 Å². The van der Waals surface area contributed by atoms with Crippen molar-refractivity contribution in [2.75, 3.05) is 37.6 Å². The molecule has 2 aliphatic heterocycles. The van der Waals surface area contributed by atoms with Crippen molar-refractivity contribution < 1.29 is 22.4 Å². The van der Waals surface area contributed by atoms with Crippen LogP contribution in [-0.2, 0) is 16.4 Å². The smallest absolute Gasteiger partial charge is 0.264 e. The summed E-state index contributed by atoms with van der Waals surface area (Å²) in [5, 5.41) is 2.97. The number of anilines is 1. The van der Waals surface area contributed by atoms with Gasteiger partial charge in [-0.3, -0.25) is 14.0 Å². The Morgan fingerprint density at radius 1 is 1.09 bits per heavy atom. The summed E-state index contributed by atoms with van der Waals surface area (Å²) in [6, 6.07) is 15.6. The molecule has 3 aromatic rings. The van der Waals surface area contributed by atoms with E-state index in [4.69, 9.17) is 9.15 Å². The molecule has 3 heterocycles. The number of likely N-dealkylation sites (tertiary alicyclic amines) is 1. The van der Waals surface area contributed by atoms with E-state index in [9.17, 15) is 13.2 Å². The molecule has 1 saturated heterocycles. The number of nitrogens with one attached hydrogen (secondary N) is 1. The van der Waals surface area contributed by atoms with Gasteiger partial charge in [0.1, 0.15) is 11.5 Å². The van der Waals surface area contributed by atoms with Gasteiger partial charge in [-0.25, -0.2) is 8.42 Å². The molecule has 0 unspecified atom stereocenters. The predicted octanol–water partition coefficient (Wildman–Crippen LogP) is 3.61. The molecule has 0 spiro atoms. The summed E-state index contributed by atoms with van der Waals surface area (Å²) in [4.78, 5) is 15.6. The first-order chi connectivity index (χ1) is 17.0. The Balaban J connectivity index is 1.39. The molecule has 0 bridgehead atoms. The fourth-order valence-corrected chi connectivity index (χ4v) is 6.47. The molecule has 1 atom stereocenters. The number of methoxy groups -OCH3 is 1. The van der Waals surface area contributed by atoms with E-state index in [1.54, 1.807) is 6.26 Å². The molecule has 184 valence electrons. The van der Waals surface area contributed by atoms with Gasteiger partial charge in [0.05, 0.1) is 35.6 Å². The number of carbonyl (C=O) groups is 1. The number of furan rings is 1. The molecular formula is C26H29N3O5S. The normalized spacial score (nSPS) is 16.8. The number of hydrogen-bond donors (Lipinski definition) is 1. The van der Waals surface area contributed by atoms with Crippen molar-refractivity contribution in [1.29, 1.82) is 0 Å². The number of benzene rings is 2. The lowest BCUT2D eigenvalue weighted by molar-refractivity contribution is 0.0930. The third-order valence-corrected chi connectivity index (χ3v) is 8.57. The minimum absolute atomic E-state index is 0.0577. The fraction of sp³-hybridized carbons (Fsp3) is 0.346. The summed E-state index contributed by atoms with van der Waals surface area (Å²) in [5.74, 6) is 0.721. The average molecular weight is 496 g/mol. The summed E-state index contributed by atoms with van der Waals surface area (Å²) in [7, 11) is -2.37. The Kier molecular flexibility index (Phi) is 6.53. The molecule has 0 aliphatic carbocycles. The second-order valence-electron chi connectivity index (χ2n) is 8.80. The zero-order chi connectivity index (χ0) is 24.4. The number of rotatable bonds is 8. The highest BCUT2D eigenvalue weighted by Crippen LogP contribution is 2.34. The third kappa shape index (κ3) is 4.53. The van der Waals surface area contributed by atoms with E-state index < -0.39 is 15.9 Å². The minimum atomic E-state index is -3.84. The highest BCUT2D eigenvalue weighted by atomic mass is 32.2. The molecular weight excluding hydrogens is 466 g/mol. The van der Waals surface area contributed by atoms with Crippen LogP contribution in [0.25, 0.3) is 0 Å². The van der Waals surface area contributed by atoms with Crippen LogP contribution in [-0.4, -0.2) is 52.5 Å². The SMILES string of the molecule is COc1ccc(S(=O)(=O)N2CCc3ccccc32)cc1C(=O)NC[C@@H](c1ccco1)N1CCCC1. The molecule has 8 nitrogen and oxygen atoms in total. The van der Waals surface area contributed by atoms with Crippen LogP contribution in [0.4, 0.5) is 5.69 Å². The van der Waals surface area contributed by atoms with E-state index >= 15 is 0 Å². The Morgan fingerprint density at radius 3 is 2.63 bits per heavy atom. The van der Waals surface area contributed by atoms with Crippen molar-refractivity contribution in [3.63, 3.8) is 0 Å². The number of hydrogen-bond acceptors (Lipinski definition) is 6. The number of para-hydroxylation sites is 1. The van der Waals surface area contributed by atoms with Gasteiger partial charge in [-0.05, 0) is 74.3 Å². The molecule has 2 aliphatic rings. The molecule has 9 heteroatoms. The minimum Gasteiger partial charge on any atom is -0.496 e. The third-order valence-electron chi connectivity index (χ3n) is 6.76. The number of ether oxygens (including phenoxy) is 1. The summed E-state index contributed by atoms with van der Waals surface area (Å²) in [6.07, 6.45) is 4.51. The second kappa shape index (κ2) is 9.75. The highest BCUT2D eigenvalue weighted by molar-refractivity contribution is 7.92.